The van der Waals surface area contributed by atoms with Gasteiger partial charge in [0.05, 0.1) is 11.5 Å². The zero-order valence-electron chi connectivity index (χ0n) is 13.1. The van der Waals surface area contributed by atoms with Gasteiger partial charge in [0.2, 0.25) is 5.91 Å². The van der Waals surface area contributed by atoms with E-state index in [0.29, 0.717) is 16.6 Å². The van der Waals surface area contributed by atoms with Crippen LogP contribution in [-0.4, -0.2) is 24.4 Å². The van der Waals surface area contributed by atoms with Gasteiger partial charge in [0.1, 0.15) is 0 Å². The lowest BCUT2D eigenvalue weighted by Crippen LogP contribution is -2.46. The number of halogens is 2. The van der Waals surface area contributed by atoms with Gasteiger partial charge in [-0.1, -0.05) is 43.1 Å². The van der Waals surface area contributed by atoms with Crippen LogP contribution in [-0.2, 0) is 4.79 Å². The summed E-state index contributed by atoms with van der Waals surface area (Å²) in [6.07, 6.45) is 1.45. The van der Waals surface area contributed by atoms with Crippen molar-refractivity contribution in [3.63, 3.8) is 0 Å². The Bertz CT molecular complexity index is 493. The lowest BCUT2D eigenvalue weighted by molar-refractivity contribution is -0.142. The molecule has 1 rings (SSSR count). The standard InChI is InChI=1S/C16H24Cl2N2O/c1-5-16(6-2,10-19)15(21)20(4)11(3)13-8-7-12(17)9-14(13)18/h7-9,11H,5-6,10,19H2,1-4H3. The van der Waals surface area contributed by atoms with Gasteiger partial charge in [-0.25, -0.2) is 0 Å². The average molecular weight is 331 g/mol. The van der Waals surface area contributed by atoms with E-state index in [2.05, 4.69) is 0 Å². The van der Waals surface area contributed by atoms with Crippen LogP contribution in [0.2, 0.25) is 10.0 Å². The minimum absolute atomic E-state index is 0.0634. The summed E-state index contributed by atoms with van der Waals surface area (Å²) in [5.41, 5.74) is 6.25. The van der Waals surface area contributed by atoms with Crippen LogP contribution in [0, 0.1) is 5.41 Å². The number of nitrogens with two attached hydrogens (primary N) is 1. The molecule has 0 aliphatic carbocycles. The number of carbonyl (C=O) groups is 1. The van der Waals surface area contributed by atoms with Crippen molar-refractivity contribution in [3.05, 3.63) is 33.8 Å². The predicted molar refractivity (Wildman–Crippen MR) is 89.7 cm³/mol. The molecule has 0 bridgehead atoms. The summed E-state index contributed by atoms with van der Waals surface area (Å²) in [5, 5.41) is 1.16. The zero-order chi connectivity index (χ0) is 16.2. The first-order valence-electron chi connectivity index (χ1n) is 7.25. The third kappa shape index (κ3) is 3.71. The number of amides is 1. The van der Waals surface area contributed by atoms with E-state index in [9.17, 15) is 4.79 Å². The van der Waals surface area contributed by atoms with Gasteiger partial charge in [-0.05, 0) is 37.5 Å². The number of carbonyl (C=O) groups excluding carboxylic acids is 1. The molecule has 0 saturated heterocycles. The second-order valence-electron chi connectivity index (χ2n) is 5.45. The first-order valence-corrected chi connectivity index (χ1v) is 8.00. The second-order valence-corrected chi connectivity index (χ2v) is 6.29. The summed E-state index contributed by atoms with van der Waals surface area (Å²) >= 11 is 12.2. The maximum absolute atomic E-state index is 12.8. The Hall–Kier alpha value is -0.770. The number of rotatable bonds is 6. The molecule has 0 aromatic heterocycles. The minimum Gasteiger partial charge on any atom is -0.338 e. The van der Waals surface area contributed by atoms with E-state index in [4.69, 9.17) is 28.9 Å². The molecular weight excluding hydrogens is 307 g/mol. The van der Waals surface area contributed by atoms with E-state index in [1.54, 1.807) is 24.1 Å². The van der Waals surface area contributed by atoms with Crippen LogP contribution in [0.1, 0.15) is 45.2 Å². The topological polar surface area (TPSA) is 46.3 Å². The van der Waals surface area contributed by atoms with Gasteiger partial charge in [0.25, 0.3) is 0 Å². The van der Waals surface area contributed by atoms with Gasteiger partial charge >= 0.3 is 0 Å². The molecule has 1 aromatic carbocycles. The molecule has 118 valence electrons. The summed E-state index contributed by atoms with van der Waals surface area (Å²) in [6, 6.07) is 5.21. The molecule has 0 heterocycles. The molecule has 1 amide bonds. The molecule has 3 nitrogen and oxygen atoms in total. The molecule has 21 heavy (non-hydrogen) atoms. The smallest absolute Gasteiger partial charge is 0.230 e. The predicted octanol–water partition coefficient (Wildman–Crippen LogP) is 4.28. The monoisotopic (exact) mass is 330 g/mol. The quantitative estimate of drug-likeness (QED) is 0.846. The van der Waals surface area contributed by atoms with Crippen molar-refractivity contribution in [1.82, 2.24) is 4.90 Å². The molecule has 0 radical (unpaired) electrons. The van der Waals surface area contributed by atoms with Crippen molar-refractivity contribution in [2.45, 2.75) is 39.7 Å². The van der Waals surface area contributed by atoms with Gasteiger partial charge in [0, 0.05) is 23.6 Å². The molecule has 0 aliphatic heterocycles. The van der Waals surface area contributed by atoms with Crippen LogP contribution in [0.5, 0.6) is 0 Å². The maximum atomic E-state index is 12.8. The second kappa shape index (κ2) is 7.48. The number of benzene rings is 1. The van der Waals surface area contributed by atoms with Gasteiger partial charge in [0.15, 0.2) is 0 Å². The maximum Gasteiger partial charge on any atom is 0.230 e. The van der Waals surface area contributed by atoms with E-state index in [1.165, 1.54) is 0 Å². The molecule has 0 fully saturated rings. The highest BCUT2D eigenvalue weighted by Crippen LogP contribution is 2.34. The van der Waals surface area contributed by atoms with Gasteiger partial charge in [-0.3, -0.25) is 4.79 Å². The Balaban J connectivity index is 3.06. The highest BCUT2D eigenvalue weighted by atomic mass is 35.5. The zero-order valence-corrected chi connectivity index (χ0v) is 14.6. The SMILES string of the molecule is CCC(CC)(CN)C(=O)N(C)C(C)c1ccc(Cl)cc1Cl. The summed E-state index contributed by atoms with van der Waals surface area (Å²) in [4.78, 5) is 14.6. The van der Waals surface area contributed by atoms with Crippen LogP contribution >= 0.6 is 23.2 Å². The van der Waals surface area contributed by atoms with Gasteiger partial charge in [-0.15, -0.1) is 0 Å². The summed E-state index contributed by atoms with van der Waals surface area (Å²) < 4.78 is 0. The third-order valence-electron chi connectivity index (χ3n) is 4.51. The van der Waals surface area contributed by atoms with Crippen LogP contribution in [0.25, 0.3) is 0 Å². The lowest BCUT2D eigenvalue weighted by atomic mass is 9.80. The first kappa shape index (κ1) is 18.3. The molecular formula is C16H24Cl2N2O. The molecule has 1 unspecified atom stereocenters. The van der Waals surface area contributed by atoms with Crippen LogP contribution < -0.4 is 5.73 Å². The highest BCUT2D eigenvalue weighted by molar-refractivity contribution is 6.35. The number of nitrogens with zero attached hydrogens (tertiary/aromatic N) is 1. The molecule has 0 spiro atoms. The van der Waals surface area contributed by atoms with Gasteiger partial charge < -0.3 is 10.6 Å². The van der Waals surface area contributed by atoms with Crippen LogP contribution in [0.15, 0.2) is 18.2 Å². The first-order chi connectivity index (χ1) is 9.82. The van der Waals surface area contributed by atoms with Crippen molar-refractivity contribution in [1.29, 1.82) is 0 Å². The van der Waals surface area contributed by atoms with Crippen molar-refractivity contribution < 1.29 is 4.79 Å². The Morgan fingerprint density at radius 1 is 1.33 bits per heavy atom. The van der Waals surface area contributed by atoms with Crippen LogP contribution in [0.4, 0.5) is 0 Å². The van der Waals surface area contributed by atoms with E-state index >= 15 is 0 Å². The summed E-state index contributed by atoms with van der Waals surface area (Å²) in [7, 11) is 1.80. The molecule has 2 N–H and O–H groups in total. The minimum atomic E-state index is -0.498. The van der Waals surface area contributed by atoms with Crippen LogP contribution in [0.3, 0.4) is 0 Å². The highest BCUT2D eigenvalue weighted by Gasteiger charge is 2.37. The van der Waals surface area contributed by atoms with Crippen molar-refractivity contribution in [2.24, 2.45) is 11.1 Å². The fourth-order valence-corrected chi connectivity index (χ4v) is 3.09. The fourth-order valence-electron chi connectivity index (χ4n) is 2.53. The summed E-state index contributed by atoms with van der Waals surface area (Å²) in [6.45, 7) is 6.31. The Labute approximate surface area is 137 Å². The largest absolute Gasteiger partial charge is 0.338 e. The van der Waals surface area contributed by atoms with E-state index < -0.39 is 5.41 Å². The van der Waals surface area contributed by atoms with Crippen molar-refractivity contribution in [2.75, 3.05) is 13.6 Å². The van der Waals surface area contributed by atoms with Crippen molar-refractivity contribution in [3.8, 4) is 0 Å². The number of hydrogen-bond donors (Lipinski definition) is 1. The summed E-state index contributed by atoms with van der Waals surface area (Å²) in [5.74, 6) is 0.0634. The van der Waals surface area contributed by atoms with E-state index in [0.717, 1.165) is 18.4 Å². The number of hydrogen-bond acceptors (Lipinski definition) is 2. The molecule has 1 aromatic rings. The third-order valence-corrected chi connectivity index (χ3v) is 5.07. The van der Waals surface area contributed by atoms with Crippen molar-refractivity contribution >= 4 is 29.1 Å². The Morgan fingerprint density at radius 3 is 2.33 bits per heavy atom. The molecule has 5 heteroatoms. The molecule has 1 atom stereocenters. The average Bonchev–Trinajstić information content (AvgIpc) is 2.48. The molecule has 0 aliphatic rings. The Kier molecular flexibility index (Phi) is 6.51. The Morgan fingerprint density at radius 2 is 1.90 bits per heavy atom. The molecule has 0 saturated carbocycles. The fraction of sp³-hybridized carbons (Fsp3) is 0.562. The van der Waals surface area contributed by atoms with E-state index in [1.807, 2.05) is 26.8 Å². The van der Waals surface area contributed by atoms with E-state index in [-0.39, 0.29) is 11.9 Å². The normalized spacial score (nSPS) is 13.1. The van der Waals surface area contributed by atoms with Gasteiger partial charge in [-0.2, -0.15) is 0 Å². The lowest BCUT2D eigenvalue weighted by Gasteiger charge is -2.36.